The molecule has 8 nitrogen and oxygen atoms in total. The zero-order valence-electron chi connectivity index (χ0n) is 30.9. The Bertz CT molecular complexity index is 2850. The van der Waals surface area contributed by atoms with E-state index in [2.05, 4.69) is 95.8 Å². The summed E-state index contributed by atoms with van der Waals surface area (Å²) in [5, 5.41) is 4.53. The second kappa shape index (κ2) is 13.8. The predicted molar refractivity (Wildman–Crippen MR) is 223 cm³/mol. The number of hydrogen-bond donors (Lipinski definition) is 0. The molecule has 0 saturated heterocycles. The Morgan fingerprint density at radius 3 is 1.45 bits per heavy atom. The van der Waals surface area contributed by atoms with Crippen LogP contribution in [0.1, 0.15) is 31.7 Å². The first-order chi connectivity index (χ1) is 27.6. The highest BCUT2D eigenvalue weighted by atomic mass is 16.5. The second-order valence-corrected chi connectivity index (χ2v) is 14.0. The average molecular weight is 729 g/mol. The standard InChI is InChI=1S/C48H36N6O2/c1-3-31(2)33-29-51-48(52-30-33)32-24-36(55-34-18-20-40-38-12-4-6-14-42(38)53(44(40)27-34)46-16-8-10-22-49-46)26-37(25-32)56-35-19-21-41-39-13-5-7-15-43(39)54(45(41)28-35)47-17-9-11-23-50-47/h4-31H,3H2,1-2H3. The summed E-state index contributed by atoms with van der Waals surface area (Å²) in [7, 11) is 0. The normalized spacial score (nSPS) is 12.1. The summed E-state index contributed by atoms with van der Waals surface area (Å²) in [6.07, 6.45) is 8.48. The summed E-state index contributed by atoms with van der Waals surface area (Å²) in [6.45, 7) is 4.36. The molecule has 1 atom stereocenters. The number of nitrogens with zero attached hydrogens (tertiary/aromatic N) is 6. The van der Waals surface area contributed by atoms with Crippen molar-refractivity contribution in [3.05, 3.63) is 170 Å². The van der Waals surface area contributed by atoms with E-state index in [1.165, 1.54) is 0 Å². The summed E-state index contributed by atoms with van der Waals surface area (Å²) < 4.78 is 17.7. The molecule has 0 aliphatic carbocycles. The van der Waals surface area contributed by atoms with Gasteiger partial charge in [-0.2, -0.15) is 0 Å². The van der Waals surface area contributed by atoms with Crippen molar-refractivity contribution in [2.24, 2.45) is 0 Å². The lowest BCUT2D eigenvalue weighted by atomic mass is 10.0. The number of ether oxygens (including phenoxy) is 2. The summed E-state index contributed by atoms with van der Waals surface area (Å²) in [5.41, 5.74) is 6.03. The van der Waals surface area contributed by atoms with Gasteiger partial charge in [-0.15, -0.1) is 0 Å². The summed E-state index contributed by atoms with van der Waals surface area (Å²) >= 11 is 0. The van der Waals surface area contributed by atoms with Gasteiger partial charge in [-0.25, -0.2) is 19.9 Å². The number of para-hydroxylation sites is 2. The van der Waals surface area contributed by atoms with Crippen LogP contribution in [-0.2, 0) is 0 Å². The third-order valence-corrected chi connectivity index (χ3v) is 10.5. The van der Waals surface area contributed by atoms with Crippen molar-refractivity contribution in [2.45, 2.75) is 26.2 Å². The van der Waals surface area contributed by atoms with Crippen LogP contribution in [0.3, 0.4) is 0 Å². The molecule has 0 N–H and O–H groups in total. The first-order valence-corrected chi connectivity index (χ1v) is 18.8. The average Bonchev–Trinajstić information content (AvgIpc) is 3.76. The molecule has 0 aliphatic heterocycles. The van der Waals surface area contributed by atoms with Gasteiger partial charge in [0, 0.05) is 70.1 Å². The van der Waals surface area contributed by atoms with E-state index >= 15 is 0 Å². The van der Waals surface area contributed by atoms with E-state index in [0.717, 1.165) is 72.8 Å². The van der Waals surface area contributed by atoms with Gasteiger partial charge in [0.15, 0.2) is 5.82 Å². The quantitative estimate of drug-likeness (QED) is 0.147. The van der Waals surface area contributed by atoms with E-state index in [-0.39, 0.29) is 0 Å². The molecule has 0 aliphatic rings. The van der Waals surface area contributed by atoms with Crippen LogP contribution in [0.2, 0.25) is 0 Å². The van der Waals surface area contributed by atoms with Crippen molar-refractivity contribution in [2.75, 3.05) is 0 Å². The van der Waals surface area contributed by atoms with Gasteiger partial charge in [-0.1, -0.05) is 62.4 Å². The van der Waals surface area contributed by atoms with Crippen molar-refractivity contribution in [1.82, 2.24) is 29.1 Å². The Morgan fingerprint density at radius 1 is 0.482 bits per heavy atom. The number of benzene rings is 5. The molecule has 270 valence electrons. The largest absolute Gasteiger partial charge is 0.457 e. The molecule has 56 heavy (non-hydrogen) atoms. The molecule has 5 aromatic heterocycles. The fourth-order valence-electron chi connectivity index (χ4n) is 7.56. The molecule has 0 amide bonds. The molecular weight excluding hydrogens is 693 g/mol. The van der Waals surface area contributed by atoms with Crippen LogP contribution in [0.15, 0.2) is 164 Å². The first kappa shape index (κ1) is 33.3. The number of fused-ring (bicyclic) bond motifs is 6. The second-order valence-electron chi connectivity index (χ2n) is 14.0. The van der Waals surface area contributed by atoms with Crippen LogP contribution in [-0.4, -0.2) is 29.1 Å². The first-order valence-electron chi connectivity index (χ1n) is 18.8. The minimum atomic E-state index is 0.366. The molecule has 0 spiro atoms. The maximum atomic E-state index is 6.70. The lowest BCUT2D eigenvalue weighted by Crippen LogP contribution is -1.98. The number of aromatic nitrogens is 6. The third-order valence-electron chi connectivity index (χ3n) is 10.5. The molecule has 8 heteroatoms. The Hall–Kier alpha value is -7.32. The van der Waals surface area contributed by atoms with E-state index < -0.39 is 0 Å². The smallest absolute Gasteiger partial charge is 0.159 e. The number of pyridine rings is 2. The molecule has 5 aromatic carbocycles. The molecule has 0 fully saturated rings. The number of hydrogen-bond acceptors (Lipinski definition) is 6. The zero-order chi connectivity index (χ0) is 37.6. The van der Waals surface area contributed by atoms with Gasteiger partial charge in [0.1, 0.15) is 34.6 Å². The number of rotatable bonds is 9. The van der Waals surface area contributed by atoms with Gasteiger partial charge >= 0.3 is 0 Å². The lowest BCUT2D eigenvalue weighted by molar-refractivity contribution is 0.461. The van der Waals surface area contributed by atoms with Crippen LogP contribution < -0.4 is 9.47 Å². The zero-order valence-corrected chi connectivity index (χ0v) is 30.9. The summed E-state index contributed by atoms with van der Waals surface area (Å²) in [6, 6.07) is 46.9. The van der Waals surface area contributed by atoms with Gasteiger partial charge in [0.25, 0.3) is 0 Å². The molecule has 10 rings (SSSR count). The molecule has 0 saturated carbocycles. The van der Waals surface area contributed by atoms with E-state index in [0.29, 0.717) is 34.7 Å². The third kappa shape index (κ3) is 5.88. The van der Waals surface area contributed by atoms with Crippen LogP contribution in [0.25, 0.3) is 66.6 Å². The van der Waals surface area contributed by atoms with Crippen LogP contribution in [0.4, 0.5) is 0 Å². The van der Waals surface area contributed by atoms with E-state index in [1.54, 1.807) is 0 Å². The van der Waals surface area contributed by atoms with Gasteiger partial charge in [0.2, 0.25) is 0 Å². The molecule has 0 bridgehead atoms. The van der Waals surface area contributed by atoms with Crippen molar-refractivity contribution in [3.8, 4) is 46.0 Å². The monoisotopic (exact) mass is 728 g/mol. The van der Waals surface area contributed by atoms with Crippen molar-refractivity contribution in [3.63, 3.8) is 0 Å². The highest BCUT2D eigenvalue weighted by Gasteiger charge is 2.17. The van der Waals surface area contributed by atoms with Crippen molar-refractivity contribution in [1.29, 1.82) is 0 Å². The predicted octanol–water partition coefficient (Wildman–Crippen LogP) is 12.2. The lowest BCUT2D eigenvalue weighted by Gasteiger charge is -2.14. The fourth-order valence-corrected chi connectivity index (χ4v) is 7.56. The Morgan fingerprint density at radius 2 is 0.964 bits per heavy atom. The topological polar surface area (TPSA) is 79.9 Å². The molecular formula is C48H36N6O2. The van der Waals surface area contributed by atoms with Gasteiger partial charge in [0.05, 0.1) is 22.1 Å². The molecule has 1 unspecified atom stereocenters. The highest BCUT2D eigenvalue weighted by Crippen LogP contribution is 2.39. The molecule has 5 heterocycles. The van der Waals surface area contributed by atoms with E-state index in [4.69, 9.17) is 29.4 Å². The van der Waals surface area contributed by atoms with Gasteiger partial charge in [-0.05, 0) is 90.7 Å². The minimum absolute atomic E-state index is 0.366. The molecule has 10 aromatic rings. The van der Waals surface area contributed by atoms with E-state index in [9.17, 15) is 0 Å². The Labute approximate surface area is 323 Å². The van der Waals surface area contributed by atoms with Crippen LogP contribution in [0.5, 0.6) is 23.0 Å². The Balaban J connectivity index is 1.08. The maximum absolute atomic E-state index is 6.70. The highest BCUT2D eigenvalue weighted by molar-refractivity contribution is 6.10. The molecule has 0 radical (unpaired) electrons. The van der Waals surface area contributed by atoms with Crippen molar-refractivity contribution < 1.29 is 9.47 Å². The van der Waals surface area contributed by atoms with Gasteiger partial charge < -0.3 is 9.47 Å². The minimum Gasteiger partial charge on any atom is -0.457 e. The van der Waals surface area contributed by atoms with Crippen molar-refractivity contribution >= 4 is 43.6 Å². The SMILES string of the molecule is CCC(C)c1cnc(-c2cc(Oc3ccc4c5ccccc5n(-c5ccccn5)c4c3)cc(Oc3ccc4c5ccccc5n(-c5ccccn5)c4c3)c2)nc1. The summed E-state index contributed by atoms with van der Waals surface area (Å²) in [4.78, 5) is 19.0. The van der Waals surface area contributed by atoms with E-state index in [1.807, 2.05) is 91.5 Å². The summed E-state index contributed by atoms with van der Waals surface area (Å²) in [5.74, 6) is 5.17. The van der Waals surface area contributed by atoms with Crippen LogP contribution >= 0.6 is 0 Å². The van der Waals surface area contributed by atoms with Crippen LogP contribution in [0, 0.1) is 0 Å². The fraction of sp³-hybridized carbons (Fsp3) is 0.0833. The Kier molecular flexibility index (Phi) is 8.21. The maximum Gasteiger partial charge on any atom is 0.159 e. The van der Waals surface area contributed by atoms with Gasteiger partial charge in [-0.3, -0.25) is 9.13 Å².